The molecule has 7 aromatic rings. The third-order valence-corrected chi connectivity index (χ3v) is 11.0. The fourth-order valence-electron chi connectivity index (χ4n) is 8.31. The zero-order valence-corrected chi connectivity index (χ0v) is 32.9. The van der Waals surface area contributed by atoms with Gasteiger partial charge >= 0.3 is 11.9 Å². The van der Waals surface area contributed by atoms with Crippen molar-refractivity contribution in [1.29, 1.82) is 0 Å². The highest BCUT2D eigenvalue weighted by molar-refractivity contribution is 6.38. The largest absolute Gasteiger partial charge is 0.478 e. The summed E-state index contributed by atoms with van der Waals surface area (Å²) in [4.78, 5) is 54.6. The second kappa shape index (κ2) is 14.4. The third kappa shape index (κ3) is 6.29. The zero-order chi connectivity index (χ0) is 40.3. The van der Waals surface area contributed by atoms with Gasteiger partial charge in [-0.15, -0.1) is 0 Å². The molecule has 8 nitrogen and oxygen atoms in total. The Morgan fingerprint density at radius 3 is 1.20 bits per heavy atom. The molecule has 56 heavy (non-hydrogen) atoms. The highest BCUT2D eigenvalue weighted by Gasteiger charge is 2.27. The molecule has 0 bridgehead atoms. The van der Waals surface area contributed by atoms with E-state index in [-0.39, 0.29) is 57.7 Å². The molecular weight excluding hydrogens is 701 g/mol. The second-order valence-electron chi connectivity index (χ2n) is 15.9. The van der Waals surface area contributed by atoms with Crippen LogP contribution in [0, 0.1) is 0 Å². The molecule has 0 atom stereocenters. The van der Waals surface area contributed by atoms with Crippen LogP contribution in [-0.2, 0) is 0 Å². The van der Waals surface area contributed by atoms with Gasteiger partial charge in [-0.05, 0) is 114 Å². The fraction of sp³-hybridized carbons (Fsp3) is 0.250. The number of hydrogen-bond donors (Lipinski definition) is 4. The van der Waals surface area contributed by atoms with E-state index in [0.717, 1.165) is 33.6 Å². The molecule has 0 unspecified atom stereocenters. The van der Waals surface area contributed by atoms with Crippen LogP contribution in [0.5, 0.6) is 0 Å². The van der Waals surface area contributed by atoms with Gasteiger partial charge in [0.1, 0.15) is 0 Å². The van der Waals surface area contributed by atoms with E-state index in [9.17, 15) is 29.4 Å². The molecule has 0 spiro atoms. The van der Waals surface area contributed by atoms with E-state index in [1.807, 2.05) is 42.5 Å². The number of rotatable bonds is 10. The molecule has 0 aliphatic rings. The molecule has 4 N–H and O–H groups in total. The zero-order valence-electron chi connectivity index (χ0n) is 32.9. The Labute approximate surface area is 325 Å². The molecule has 284 valence electrons. The molecule has 0 aliphatic heterocycles. The Morgan fingerprint density at radius 2 is 0.804 bits per heavy atom. The first-order chi connectivity index (χ1) is 26.6. The van der Waals surface area contributed by atoms with Crippen LogP contribution in [0.3, 0.4) is 0 Å². The summed E-state index contributed by atoms with van der Waals surface area (Å²) in [6, 6.07) is 25.3. The van der Waals surface area contributed by atoms with E-state index in [4.69, 9.17) is 0 Å². The van der Waals surface area contributed by atoms with E-state index < -0.39 is 11.9 Å². The van der Waals surface area contributed by atoms with Crippen molar-refractivity contribution in [3.8, 4) is 0 Å². The van der Waals surface area contributed by atoms with Gasteiger partial charge in [-0.25, -0.2) is 9.59 Å². The van der Waals surface area contributed by atoms with Gasteiger partial charge in [0, 0.05) is 27.9 Å². The molecule has 2 amide bonds. The van der Waals surface area contributed by atoms with Crippen molar-refractivity contribution in [3.05, 3.63) is 129 Å². The summed E-state index contributed by atoms with van der Waals surface area (Å²) in [5.41, 5.74) is 5.92. The Kier molecular flexibility index (Phi) is 9.79. The van der Waals surface area contributed by atoms with Gasteiger partial charge in [0.15, 0.2) is 0 Å². The molecule has 0 radical (unpaired) electrons. The molecule has 7 aromatic carbocycles. The first-order valence-corrected chi connectivity index (χ1v) is 19.2. The summed E-state index contributed by atoms with van der Waals surface area (Å²) in [5.74, 6) is -2.68. The second-order valence-corrected chi connectivity index (χ2v) is 15.9. The molecule has 0 aliphatic carbocycles. The molecular formula is C48H46N2O6. The van der Waals surface area contributed by atoms with Crippen LogP contribution in [-0.4, -0.2) is 34.0 Å². The Hall–Kier alpha value is -6.28. The number of aromatic carboxylic acids is 2. The molecule has 7 rings (SSSR count). The SMILES string of the molecule is CC(C)c1cccc(C(C)C)c1NC(=O)c1ccc2c3ccc(C(=O)O)c4cc(C(=O)O)cc(c5ccc(C(=O)Nc6c(C(C)C)cccc6C(C)C)c1c25)c43. The maximum atomic E-state index is 14.8. The smallest absolute Gasteiger partial charge is 0.336 e. The Balaban J connectivity index is 1.57. The van der Waals surface area contributed by atoms with Crippen molar-refractivity contribution in [1.82, 2.24) is 0 Å². The van der Waals surface area contributed by atoms with Crippen molar-refractivity contribution in [3.63, 3.8) is 0 Å². The first-order valence-electron chi connectivity index (χ1n) is 19.2. The van der Waals surface area contributed by atoms with E-state index >= 15 is 0 Å². The number of amides is 2. The van der Waals surface area contributed by atoms with Gasteiger partial charge in [0.2, 0.25) is 0 Å². The quantitative estimate of drug-likeness (QED) is 0.0813. The van der Waals surface area contributed by atoms with E-state index in [2.05, 4.69) is 66.0 Å². The Morgan fingerprint density at radius 1 is 0.429 bits per heavy atom. The number of carbonyl (C=O) groups is 4. The summed E-state index contributed by atoms with van der Waals surface area (Å²) in [5, 5.41) is 31.2. The minimum atomic E-state index is -1.20. The van der Waals surface area contributed by atoms with Crippen molar-refractivity contribution in [2.45, 2.75) is 79.1 Å². The molecule has 0 aromatic heterocycles. The molecule has 8 heteroatoms. The highest BCUT2D eigenvalue weighted by atomic mass is 16.4. The standard InChI is InChI=1S/C48H46N2O6/c1-23(2)28-11-9-12-29(24(3)4)43(28)49-45(51)36-19-16-33-32-15-18-35(48(55)56)39-22-27(47(53)54)21-38(40(32)39)34-17-20-37(42(36)41(33)34)46(52)50-44-30(25(5)6)13-10-14-31(44)26(7)8/h9-26H,1-8H3,(H,49,51)(H,50,52)(H,53,54)(H,55,56). The lowest BCUT2D eigenvalue weighted by Crippen LogP contribution is -2.19. The predicted molar refractivity (Wildman–Crippen MR) is 227 cm³/mol. The number of carboxylic acids is 2. The summed E-state index contributed by atoms with van der Waals surface area (Å²) >= 11 is 0. The van der Waals surface area contributed by atoms with Crippen molar-refractivity contribution in [2.75, 3.05) is 10.6 Å². The van der Waals surface area contributed by atoms with Gasteiger partial charge in [-0.2, -0.15) is 0 Å². The van der Waals surface area contributed by atoms with Crippen LogP contribution in [0.15, 0.2) is 84.9 Å². The lowest BCUT2D eigenvalue weighted by Gasteiger charge is -2.23. The molecule has 0 heterocycles. The number of benzene rings is 7. The minimum Gasteiger partial charge on any atom is -0.478 e. The van der Waals surface area contributed by atoms with Gasteiger partial charge in [0.05, 0.1) is 11.1 Å². The van der Waals surface area contributed by atoms with Gasteiger partial charge in [0.25, 0.3) is 11.8 Å². The lowest BCUT2D eigenvalue weighted by molar-refractivity contribution is 0.0685. The normalized spacial score (nSPS) is 11.9. The first kappa shape index (κ1) is 38.0. The van der Waals surface area contributed by atoms with Crippen LogP contribution in [0.4, 0.5) is 11.4 Å². The number of carbonyl (C=O) groups excluding carboxylic acids is 2. The lowest BCUT2D eigenvalue weighted by atomic mass is 9.84. The maximum Gasteiger partial charge on any atom is 0.336 e. The van der Waals surface area contributed by atoms with Gasteiger partial charge < -0.3 is 20.8 Å². The van der Waals surface area contributed by atoms with Crippen LogP contribution in [0.2, 0.25) is 0 Å². The number of para-hydroxylation sites is 2. The topological polar surface area (TPSA) is 133 Å². The van der Waals surface area contributed by atoms with Crippen molar-refractivity contribution < 1.29 is 29.4 Å². The van der Waals surface area contributed by atoms with Gasteiger partial charge in [-0.1, -0.05) is 110 Å². The average molecular weight is 747 g/mol. The third-order valence-electron chi connectivity index (χ3n) is 11.0. The number of fused-ring (bicyclic) bond motifs is 2. The number of anilines is 2. The van der Waals surface area contributed by atoms with Gasteiger partial charge in [-0.3, -0.25) is 9.59 Å². The molecule has 0 saturated carbocycles. The summed E-state index contributed by atoms with van der Waals surface area (Å²) < 4.78 is 0. The predicted octanol–water partition coefficient (Wildman–Crippen LogP) is 12.1. The highest BCUT2D eigenvalue weighted by Crippen LogP contribution is 2.45. The van der Waals surface area contributed by atoms with E-state index in [1.165, 1.54) is 12.1 Å². The van der Waals surface area contributed by atoms with Crippen molar-refractivity contribution >= 4 is 78.2 Å². The van der Waals surface area contributed by atoms with Crippen LogP contribution in [0.1, 0.15) is 143 Å². The number of hydrogen-bond acceptors (Lipinski definition) is 4. The summed E-state index contributed by atoms with van der Waals surface area (Å²) in [6.45, 7) is 16.7. The minimum absolute atomic E-state index is 0.0191. The fourth-order valence-corrected chi connectivity index (χ4v) is 8.31. The van der Waals surface area contributed by atoms with E-state index in [0.29, 0.717) is 43.1 Å². The molecule has 0 fully saturated rings. The van der Waals surface area contributed by atoms with Crippen molar-refractivity contribution in [2.24, 2.45) is 0 Å². The number of carboxylic acid groups (broad SMARTS) is 2. The number of nitrogens with one attached hydrogen (secondary N) is 2. The van der Waals surface area contributed by atoms with Crippen LogP contribution in [0.25, 0.3) is 43.1 Å². The maximum absolute atomic E-state index is 14.8. The monoisotopic (exact) mass is 746 g/mol. The Bertz CT molecular complexity index is 2620. The van der Waals surface area contributed by atoms with Crippen LogP contribution >= 0.6 is 0 Å². The van der Waals surface area contributed by atoms with Crippen LogP contribution < -0.4 is 10.6 Å². The van der Waals surface area contributed by atoms with E-state index in [1.54, 1.807) is 30.3 Å². The molecule has 0 saturated heterocycles. The summed E-state index contributed by atoms with van der Waals surface area (Å²) in [7, 11) is 0. The average Bonchev–Trinajstić information content (AvgIpc) is 3.15. The summed E-state index contributed by atoms with van der Waals surface area (Å²) in [6.07, 6.45) is 0.